The third kappa shape index (κ3) is 4.13. The highest BCUT2D eigenvalue weighted by molar-refractivity contribution is 7.14. The number of hydrogen-bond acceptors (Lipinski definition) is 6. The van der Waals surface area contributed by atoms with Gasteiger partial charge in [-0.2, -0.15) is 0 Å². The molecule has 2 amide bonds. The van der Waals surface area contributed by atoms with Crippen LogP contribution in [0.2, 0.25) is 0 Å². The molecule has 7 nitrogen and oxygen atoms in total. The Morgan fingerprint density at radius 1 is 1.00 bits per heavy atom. The van der Waals surface area contributed by atoms with Crippen LogP contribution in [0.1, 0.15) is 53.1 Å². The number of thiazole rings is 1. The maximum Gasteiger partial charge on any atom is 0.255 e. The first-order valence-electron chi connectivity index (χ1n) is 12.1. The molecule has 4 aromatic rings. The predicted molar refractivity (Wildman–Crippen MR) is 143 cm³/mol. The number of nitrogens with zero attached hydrogens (tertiary/aromatic N) is 2. The lowest BCUT2D eigenvalue weighted by atomic mass is 9.54. The Hall–Kier alpha value is -4.17. The molecule has 0 aliphatic heterocycles. The normalized spacial score (nSPS) is 21.8. The molecule has 3 atom stereocenters. The SMILES string of the molecule is CC1(C(=O)Nc2nc(-c3cccc(C(=O)Nc4ccncc4)c3)cs2)CC2C(=O)CC1c1ccccc12. The van der Waals surface area contributed by atoms with E-state index in [0.717, 1.165) is 16.7 Å². The number of benzene rings is 2. The highest BCUT2D eigenvalue weighted by Crippen LogP contribution is 2.57. The molecule has 1 fully saturated rings. The van der Waals surface area contributed by atoms with E-state index in [9.17, 15) is 14.4 Å². The maximum absolute atomic E-state index is 13.5. The van der Waals surface area contributed by atoms with Crippen LogP contribution in [0.15, 0.2) is 78.4 Å². The first-order valence-corrected chi connectivity index (χ1v) is 13.0. The number of hydrogen-bond donors (Lipinski definition) is 2. The molecule has 8 heteroatoms. The number of nitrogens with one attached hydrogen (secondary N) is 2. The summed E-state index contributed by atoms with van der Waals surface area (Å²) in [5.41, 5.74) is 4.11. The van der Waals surface area contributed by atoms with Gasteiger partial charge >= 0.3 is 0 Å². The molecule has 3 unspecified atom stereocenters. The fourth-order valence-electron chi connectivity index (χ4n) is 5.54. The van der Waals surface area contributed by atoms with E-state index in [1.807, 2.05) is 48.7 Å². The van der Waals surface area contributed by atoms with Crippen molar-refractivity contribution in [3.05, 3.63) is 95.1 Å². The molecular weight excluding hydrogens is 484 g/mol. The highest BCUT2D eigenvalue weighted by atomic mass is 32.1. The molecular formula is C29H24N4O3S. The van der Waals surface area contributed by atoms with Gasteiger partial charge in [0.15, 0.2) is 5.13 Å². The Labute approximate surface area is 218 Å². The lowest BCUT2D eigenvalue weighted by Gasteiger charge is -2.48. The summed E-state index contributed by atoms with van der Waals surface area (Å²) >= 11 is 1.34. The van der Waals surface area contributed by atoms with Gasteiger partial charge in [0.05, 0.1) is 11.1 Å². The van der Waals surface area contributed by atoms with Gasteiger partial charge in [-0.1, -0.05) is 43.3 Å². The highest BCUT2D eigenvalue weighted by Gasteiger charge is 2.54. The van der Waals surface area contributed by atoms with Crippen LogP contribution < -0.4 is 10.6 Å². The number of ketones is 1. The zero-order valence-electron chi connectivity index (χ0n) is 20.1. The van der Waals surface area contributed by atoms with E-state index in [-0.39, 0.29) is 29.4 Å². The summed E-state index contributed by atoms with van der Waals surface area (Å²) in [7, 11) is 0. The second-order valence-electron chi connectivity index (χ2n) is 9.79. The first kappa shape index (κ1) is 23.2. The molecule has 0 spiro atoms. The third-order valence-corrected chi connectivity index (χ3v) is 8.30. The van der Waals surface area contributed by atoms with Crippen molar-refractivity contribution in [1.29, 1.82) is 0 Å². The first-order chi connectivity index (χ1) is 17.9. The molecule has 7 rings (SSSR count). The molecule has 3 aliphatic carbocycles. The zero-order chi connectivity index (χ0) is 25.6. The Kier molecular flexibility index (Phi) is 5.68. The quantitative estimate of drug-likeness (QED) is 0.363. The summed E-state index contributed by atoms with van der Waals surface area (Å²) in [5.74, 6) is -0.498. The minimum Gasteiger partial charge on any atom is -0.322 e. The lowest BCUT2D eigenvalue weighted by Crippen LogP contribution is -2.49. The van der Waals surface area contributed by atoms with Gasteiger partial charge in [-0.25, -0.2) is 4.98 Å². The van der Waals surface area contributed by atoms with Crippen LogP contribution in [0.25, 0.3) is 11.3 Å². The van der Waals surface area contributed by atoms with E-state index in [0.29, 0.717) is 34.9 Å². The maximum atomic E-state index is 13.5. The Morgan fingerprint density at radius 2 is 1.78 bits per heavy atom. The molecule has 184 valence electrons. The molecule has 2 aromatic heterocycles. The summed E-state index contributed by atoms with van der Waals surface area (Å²) in [5, 5.41) is 8.23. The van der Waals surface area contributed by atoms with Gasteiger partial charge in [-0.3, -0.25) is 19.4 Å². The number of Topliss-reactive ketones (excluding diaryl/α,β-unsaturated/α-hetero) is 1. The summed E-state index contributed by atoms with van der Waals surface area (Å²) in [6, 6.07) is 18.7. The number of anilines is 2. The third-order valence-electron chi connectivity index (χ3n) is 7.54. The minimum absolute atomic E-state index is 0.115. The number of amides is 2. The van der Waals surface area contributed by atoms with Gasteiger partial charge in [0.1, 0.15) is 5.78 Å². The molecule has 3 aliphatic rings. The van der Waals surface area contributed by atoms with E-state index in [1.165, 1.54) is 11.3 Å². The van der Waals surface area contributed by atoms with Crippen LogP contribution in [0.5, 0.6) is 0 Å². The van der Waals surface area contributed by atoms with Gasteiger partial charge in [0.2, 0.25) is 5.91 Å². The van der Waals surface area contributed by atoms with Gasteiger partial charge in [-0.15, -0.1) is 11.3 Å². The van der Waals surface area contributed by atoms with Crippen LogP contribution >= 0.6 is 11.3 Å². The molecule has 0 saturated heterocycles. The monoisotopic (exact) mass is 508 g/mol. The topological polar surface area (TPSA) is 101 Å². The second-order valence-corrected chi connectivity index (χ2v) is 10.6. The number of rotatable bonds is 5. The Morgan fingerprint density at radius 3 is 2.59 bits per heavy atom. The summed E-state index contributed by atoms with van der Waals surface area (Å²) in [6.07, 6.45) is 4.13. The molecule has 2 bridgehead atoms. The van der Waals surface area contributed by atoms with Gasteiger partial charge < -0.3 is 10.6 Å². The Balaban J connectivity index is 1.19. The number of pyridine rings is 1. The van der Waals surface area contributed by atoms with E-state index in [2.05, 4.69) is 20.6 Å². The van der Waals surface area contributed by atoms with Gasteiger partial charge in [0.25, 0.3) is 5.91 Å². The number of aromatic nitrogens is 2. The molecule has 1 saturated carbocycles. The van der Waals surface area contributed by atoms with E-state index in [1.54, 1.807) is 36.7 Å². The van der Waals surface area contributed by atoms with Crippen molar-refractivity contribution in [1.82, 2.24) is 9.97 Å². The van der Waals surface area contributed by atoms with Crippen molar-refractivity contribution in [3.63, 3.8) is 0 Å². The van der Waals surface area contributed by atoms with Crippen molar-refractivity contribution in [2.75, 3.05) is 10.6 Å². The van der Waals surface area contributed by atoms with Crippen molar-refractivity contribution in [2.45, 2.75) is 31.6 Å². The van der Waals surface area contributed by atoms with Crippen molar-refractivity contribution >= 4 is 39.8 Å². The number of carbonyl (C=O) groups is 3. The van der Waals surface area contributed by atoms with Crippen LogP contribution in [0, 0.1) is 5.41 Å². The van der Waals surface area contributed by atoms with Crippen molar-refractivity contribution in [3.8, 4) is 11.3 Å². The number of fused-ring (bicyclic) bond motifs is 2. The molecule has 2 heterocycles. The minimum atomic E-state index is -0.691. The fourth-order valence-corrected chi connectivity index (χ4v) is 6.26. The molecule has 0 radical (unpaired) electrons. The molecule has 2 aromatic carbocycles. The Bertz CT molecular complexity index is 1530. The van der Waals surface area contributed by atoms with Crippen molar-refractivity contribution in [2.24, 2.45) is 5.41 Å². The van der Waals surface area contributed by atoms with E-state index >= 15 is 0 Å². The fraction of sp³-hybridized carbons (Fsp3) is 0.207. The van der Waals surface area contributed by atoms with E-state index < -0.39 is 5.41 Å². The van der Waals surface area contributed by atoms with Gasteiger partial charge in [0, 0.05) is 52.8 Å². The molecule has 37 heavy (non-hydrogen) atoms. The predicted octanol–water partition coefficient (Wildman–Crippen LogP) is 5.65. The van der Waals surface area contributed by atoms with Crippen LogP contribution in [0.3, 0.4) is 0 Å². The standard InChI is InChI=1S/C29H24N4O3S/c1-29(15-22-20-7-2-3-8-21(20)23(29)14-25(22)34)27(36)33-28-32-24(16-37-28)17-5-4-6-18(13-17)26(35)31-19-9-11-30-12-10-19/h2-13,16,22-23H,14-15H2,1H3,(H,30,31,35)(H,32,33,36). The van der Waals surface area contributed by atoms with Crippen molar-refractivity contribution < 1.29 is 14.4 Å². The number of carbonyl (C=O) groups excluding carboxylic acids is 3. The lowest BCUT2D eigenvalue weighted by molar-refractivity contribution is -0.134. The second kappa shape index (κ2) is 9.05. The average molecular weight is 509 g/mol. The average Bonchev–Trinajstić information content (AvgIpc) is 3.39. The summed E-state index contributed by atoms with van der Waals surface area (Å²) < 4.78 is 0. The zero-order valence-corrected chi connectivity index (χ0v) is 20.9. The van der Waals surface area contributed by atoms with E-state index in [4.69, 9.17) is 0 Å². The summed E-state index contributed by atoms with van der Waals surface area (Å²) in [6.45, 7) is 1.96. The van der Waals surface area contributed by atoms with Crippen LogP contribution in [0.4, 0.5) is 10.8 Å². The van der Waals surface area contributed by atoms with Crippen LogP contribution in [-0.2, 0) is 9.59 Å². The smallest absolute Gasteiger partial charge is 0.255 e. The van der Waals surface area contributed by atoms with Crippen LogP contribution in [-0.4, -0.2) is 27.6 Å². The largest absolute Gasteiger partial charge is 0.322 e. The summed E-state index contributed by atoms with van der Waals surface area (Å²) in [4.78, 5) is 47.5. The molecule has 2 N–H and O–H groups in total. The van der Waals surface area contributed by atoms with Gasteiger partial charge in [-0.05, 0) is 41.8 Å².